The van der Waals surface area contributed by atoms with Gasteiger partial charge in [0.15, 0.2) is 5.25 Å². The summed E-state index contributed by atoms with van der Waals surface area (Å²) >= 11 is 0. The van der Waals surface area contributed by atoms with Crippen molar-refractivity contribution in [3.8, 4) is 0 Å². The molecule has 0 radical (unpaired) electrons. The molecule has 0 saturated heterocycles. The zero-order valence-electron chi connectivity index (χ0n) is 32.1. The molecule has 0 aromatic carbocycles. The predicted octanol–water partition coefficient (Wildman–Crippen LogP) is 6.82. The van der Waals surface area contributed by atoms with Crippen LogP contribution in [0.15, 0.2) is 0 Å². The van der Waals surface area contributed by atoms with Gasteiger partial charge in [-0.15, -0.1) is 0 Å². The molecular weight excluding hydrogens is 631 g/mol. The van der Waals surface area contributed by atoms with Gasteiger partial charge in [0.05, 0.1) is 19.6 Å². The Kier molecular flexibility index (Phi) is 37.9. The van der Waals surface area contributed by atoms with E-state index in [2.05, 4.69) is 20.8 Å². The zero-order valence-corrected chi connectivity index (χ0v) is 33.9. The van der Waals surface area contributed by atoms with Crippen molar-refractivity contribution in [3.63, 3.8) is 0 Å². The van der Waals surface area contributed by atoms with Gasteiger partial charge in [0.2, 0.25) is 0 Å². The standard InChI is InChI=1S/C20H38O7S.C16H32O2.Na.H/c1-5-9-11-16(7-3)14-26-19(21)13-18(28(23,24)25)20(22)27-15-17(8-4)12-10-6-2;1-2-3-4-5-6-7-8-9-10-11-12-13-14-15-16(17)18;;/h16-18H,5-15H2,1-4H3,(H,23,24,25);2-15H2,1H3,(H,17,18);;/q;;+1;-1. The predicted molar refractivity (Wildman–Crippen MR) is 188 cm³/mol. The van der Waals surface area contributed by atoms with Gasteiger partial charge in [-0.05, 0) is 31.1 Å². The Balaban J connectivity index is -0.000000422. The molecule has 0 aromatic heterocycles. The van der Waals surface area contributed by atoms with Crippen molar-refractivity contribution in [2.45, 2.75) is 188 Å². The quantitative estimate of drug-likeness (QED) is 0.0357. The molecule has 0 rings (SSSR count). The van der Waals surface area contributed by atoms with Crippen LogP contribution in [0.25, 0.3) is 0 Å². The number of esters is 2. The van der Waals surface area contributed by atoms with Crippen molar-refractivity contribution >= 4 is 28.0 Å². The van der Waals surface area contributed by atoms with Crippen molar-refractivity contribution in [1.82, 2.24) is 0 Å². The second kappa shape index (κ2) is 35.2. The van der Waals surface area contributed by atoms with Crippen LogP contribution >= 0.6 is 0 Å². The van der Waals surface area contributed by atoms with Crippen LogP contribution in [0.4, 0.5) is 0 Å². The first-order chi connectivity index (χ1) is 22.0. The van der Waals surface area contributed by atoms with E-state index in [1.807, 2.05) is 13.8 Å². The summed E-state index contributed by atoms with van der Waals surface area (Å²) in [5.74, 6) is -2.26. The molecular formula is C36H71NaO9S. The molecule has 276 valence electrons. The van der Waals surface area contributed by atoms with E-state index < -0.39 is 39.7 Å². The smallest absolute Gasteiger partial charge is 1.00 e. The number of hydrogen-bond acceptors (Lipinski definition) is 7. The molecule has 0 amide bonds. The summed E-state index contributed by atoms with van der Waals surface area (Å²) in [5, 5.41) is 6.55. The minimum absolute atomic E-state index is 0. The number of carbonyl (C=O) groups excluding carboxylic acids is 2. The first-order valence-corrected chi connectivity index (χ1v) is 20.0. The maximum Gasteiger partial charge on any atom is 1.00 e. The Morgan fingerprint density at radius 1 is 0.617 bits per heavy atom. The molecule has 0 spiro atoms. The minimum Gasteiger partial charge on any atom is -1.00 e. The Morgan fingerprint density at radius 2 is 1.00 bits per heavy atom. The third-order valence-corrected chi connectivity index (χ3v) is 9.57. The minimum atomic E-state index is -4.76. The molecule has 0 aliphatic rings. The van der Waals surface area contributed by atoms with Crippen molar-refractivity contribution in [3.05, 3.63) is 0 Å². The van der Waals surface area contributed by atoms with E-state index >= 15 is 0 Å². The Bertz CT molecular complexity index is 858. The summed E-state index contributed by atoms with van der Waals surface area (Å²) in [7, 11) is -4.76. The Hall–Kier alpha value is -0.680. The number of unbranched alkanes of at least 4 members (excludes halogenated alkanes) is 14. The number of carboxylic acids is 1. The molecule has 9 nitrogen and oxygen atoms in total. The Morgan fingerprint density at radius 3 is 1.36 bits per heavy atom. The van der Waals surface area contributed by atoms with Crippen LogP contribution in [0, 0.1) is 11.8 Å². The number of rotatable bonds is 30. The second-order valence-electron chi connectivity index (χ2n) is 12.7. The van der Waals surface area contributed by atoms with Gasteiger partial charge < -0.3 is 16.0 Å². The van der Waals surface area contributed by atoms with Crippen LogP contribution in [0.5, 0.6) is 0 Å². The second-order valence-corrected chi connectivity index (χ2v) is 14.3. The largest absolute Gasteiger partial charge is 1.00 e. The van der Waals surface area contributed by atoms with E-state index in [-0.39, 0.29) is 56.0 Å². The van der Waals surface area contributed by atoms with Gasteiger partial charge in [0, 0.05) is 6.42 Å². The fourth-order valence-electron chi connectivity index (χ4n) is 5.11. The van der Waals surface area contributed by atoms with E-state index in [9.17, 15) is 27.4 Å². The molecule has 0 saturated carbocycles. The third kappa shape index (κ3) is 33.6. The normalized spacial score (nSPS) is 13.0. The molecule has 2 N–H and O–H groups in total. The van der Waals surface area contributed by atoms with Crippen LogP contribution in [-0.4, -0.2) is 54.4 Å². The summed E-state index contributed by atoms with van der Waals surface area (Å²) in [6, 6.07) is 0. The monoisotopic (exact) mass is 702 g/mol. The number of ether oxygens (including phenoxy) is 2. The average Bonchev–Trinajstić information content (AvgIpc) is 3.01. The van der Waals surface area contributed by atoms with E-state index in [0.29, 0.717) is 6.42 Å². The maximum absolute atomic E-state index is 12.2. The van der Waals surface area contributed by atoms with Gasteiger partial charge in [-0.1, -0.05) is 150 Å². The molecule has 47 heavy (non-hydrogen) atoms. The number of carboxylic acid groups (broad SMARTS) is 1. The molecule has 0 heterocycles. The van der Waals surface area contributed by atoms with Crippen molar-refractivity contribution < 1.29 is 72.9 Å². The van der Waals surface area contributed by atoms with E-state index in [1.165, 1.54) is 70.6 Å². The van der Waals surface area contributed by atoms with Crippen LogP contribution < -0.4 is 29.6 Å². The topological polar surface area (TPSA) is 144 Å². The SMILES string of the molecule is CCCCC(CC)COC(=O)CC(C(=O)OCC(CC)CCCC)S(=O)(=O)O.CCCCCCCCCCCCCCCC(=O)O.[H-].[Na+]. The molecule has 0 aliphatic carbocycles. The van der Waals surface area contributed by atoms with Crippen molar-refractivity contribution in [1.29, 1.82) is 0 Å². The zero-order chi connectivity index (χ0) is 35.1. The van der Waals surface area contributed by atoms with Crippen LogP contribution in [0.2, 0.25) is 0 Å². The summed E-state index contributed by atoms with van der Waals surface area (Å²) in [6.07, 6.45) is 24.0. The summed E-state index contributed by atoms with van der Waals surface area (Å²) < 4.78 is 42.8. The molecule has 11 heteroatoms. The summed E-state index contributed by atoms with van der Waals surface area (Å²) in [5.41, 5.74) is 0. The summed E-state index contributed by atoms with van der Waals surface area (Å²) in [6.45, 7) is 10.6. The van der Waals surface area contributed by atoms with Gasteiger partial charge in [-0.2, -0.15) is 8.42 Å². The molecule has 3 unspecified atom stereocenters. The number of hydrogen-bond donors (Lipinski definition) is 2. The van der Waals surface area contributed by atoms with E-state index in [4.69, 9.17) is 14.6 Å². The molecule has 0 bridgehead atoms. The average molecular weight is 703 g/mol. The van der Waals surface area contributed by atoms with Crippen LogP contribution in [-0.2, 0) is 34.0 Å². The van der Waals surface area contributed by atoms with Crippen molar-refractivity contribution in [2.75, 3.05) is 13.2 Å². The molecule has 3 atom stereocenters. The van der Waals surface area contributed by atoms with Gasteiger partial charge >= 0.3 is 47.5 Å². The first-order valence-electron chi connectivity index (χ1n) is 18.5. The molecule has 0 fully saturated rings. The van der Waals surface area contributed by atoms with Gasteiger partial charge in [-0.3, -0.25) is 18.9 Å². The fourth-order valence-corrected chi connectivity index (χ4v) is 5.77. The fraction of sp³-hybridized carbons (Fsp3) is 0.917. The Labute approximate surface area is 312 Å². The van der Waals surface area contributed by atoms with Crippen LogP contribution in [0.3, 0.4) is 0 Å². The van der Waals surface area contributed by atoms with Crippen molar-refractivity contribution in [2.24, 2.45) is 11.8 Å². The molecule has 0 aromatic rings. The first kappa shape index (κ1) is 50.7. The van der Waals surface area contributed by atoms with Gasteiger partial charge in [0.25, 0.3) is 10.1 Å². The molecule has 0 aliphatic heterocycles. The van der Waals surface area contributed by atoms with Gasteiger partial charge in [0.1, 0.15) is 0 Å². The number of carbonyl (C=O) groups is 3. The maximum atomic E-state index is 12.2. The third-order valence-electron chi connectivity index (χ3n) is 8.50. The van der Waals surface area contributed by atoms with Gasteiger partial charge in [-0.25, -0.2) is 0 Å². The summed E-state index contributed by atoms with van der Waals surface area (Å²) in [4.78, 5) is 34.5. The van der Waals surface area contributed by atoms with E-state index in [0.717, 1.165) is 64.2 Å². The van der Waals surface area contributed by atoms with Crippen LogP contribution in [0.1, 0.15) is 184 Å². The van der Waals surface area contributed by atoms with E-state index in [1.54, 1.807) is 0 Å². The number of aliphatic carboxylic acids is 1.